The Labute approximate surface area is 127 Å². The molecule has 118 valence electrons. The van der Waals surface area contributed by atoms with Crippen LogP contribution in [-0.2, 0) is 9.53 Å². The maximum atomic E-state index is 12.2. The quantitative estimate of drug-likeness (QED) is 0.706. The highest BCUT2D eigenvalue weighted by Crippen LogP contribution is 2.36. The zero-order chi connectivity index (χ0) is 15.2. The van der Waals surface area contributed by atoms with Crippen molar-refractivity contribution in [1.82, 2.24) is 5.32 Å². The number of carbonyl (C=O) groups excluding carboxylic acids is 1. The van der Waals surface area contributed by atoms with Crippen molar-refractivity contribution in [3.8, 4) is 0 Å². The molecule has 2 N–H and O–H groups in total. The summed E-state index contributed by atoms with van der Waals surface area (Å²) in [6.07, 6.45) is 3.85. The van der Waals surface area contributed by atoms with Crippen molar-refractivity contribution < 1.29 is 14.6 Å². The molecule has 1 rings (SSSR count). The fourth-order valence-electron chi connectivity index (χ4n) is 2.84. The predicted molar refractivity (Wildman–Crippen MR) is 84.0 cm³/mol. The summed E-state index contributed by atoms with van der Waals surface area (Å²) in [7, 11) is 1.47. The number of ether oxygens (including phenoxy) is 1. The fourth-order valence-corrected chi connectivity index (χ4v) is 4.28. The van der Waals surface area contributed by atoms with E-state index in [2.05, 4.69) is 26.1 Å². The van der Waals surface area contributed by atoms with E-state index in [4.69, 9.17) is 9.84 Å². The Bertz CT molecular complexity index is 311. The molecular weight excluding hydrogens is 274 g/mol. The lowest BCUT2D eigenvalue weighted by atomic mass is 9.81. The van der Waals surface area contributed by atoms with Crippen molar-refractivity contribution in [2.75, 3.05) is 19.5 Å². The van der Waals surface area contributed by atoms with Gasteiger partial charge in [0.05, 0.1) is 7.11 Å². The molecule has 0 bridgehead atoms. The van der Waals surface area contributed by atoms with Gasteiger partial charge in [0.1, 0.15) is 5.54 Å². The lowest BCUT2D eigenvalue weighted by molar-refractivity contribution is -0.150. The molecule has 3 unspecified atom stereocenters. The van der Waals surface area contributed by atoms with Crippen LogP contribution in [0, 0.1) is 5.92 Å². The number of nitrogens with one attached hydrogen (secondary N) is 1. The molecule has 20 heavy (non-hydrogen) atoms. The van der Waals surface area contributed by atoms with Gasteiger partial charge in [-0.15, -0.1) is 0 Å². The number of aliphatic hydroxyl groups is 1. The van der Waals surface area contributed by atoms with Crippen molar-refractivity contribution in [3.63, 3.8) is 0 Å². The van der Waals surface area contributed by atoms with Gasteiger partial charge in [-0.2, -0.15) is 11.8 Å². The molecular formula is C15H29NO3S. The van der Waals surface area contributed by atoms with Crippen LogP contribution in [0.4, 0.5) is 0 Å². The first-order valence-electron chi connectivity index (χ1n) is 7.52. The van der Waals surface area contributed by atoms with Gasteiger partial charge in [-0.3, -0.25) is 10.1 Å². The van der Waals surface area contributed by atoms with E-state index < -0.39 is 5.54 Å². The SMILES string of the molecule is COC(=O)C1(NC(C)C)CCCC(SCC(C)CO)C1. The molecule has 0 aromatic heterocycles. The number of rotatable bonds is 7. The van der Waals surface area contributed by atoms with Crippen LogP contribution in [0.2, 0.25) is 0 Å². The summed E-state index contributed by atoms with van der Waals surface area (Å²) in [5.41, 5.74) is -0.527. The minimum absolute atomic E-state index is 0.133. The van der Waals surface area contributed by atoms with Crippen molar-refractivity contribution in [1.29, 1.82) is 0 Å². The molecule has 1 aliphatic carbocycles. The van der Waals surface area contributed by atoms with Gasteiger partial charge in [-0.1, -0.05) is 6.92 Å². The summed E-state index contributed by atoms with van der Waals surface area (Å²) in [4.78, 5) is 12.2. The average molecular weight is 303 g/mol. The van der Waals surface area contributed by atoms with E-state index in [9.17, 15) is 4.79 Å². The standard InChI is InChI=1S/C15H29NO3S/c1-11(2)16-15(14(18)19-4)7-5-6-13(8-15)20-10-12(3)9-17/h11-13,16-17H,5-10H2,1-4H3. The van der Waals surface area contributed by atoms with Crippen LogP contribution < -0.4 is 5.32 Å². The van der Waals surface area contributed by atoms with Crippen LogP contribution >= 0.6 is 11.8 Å². The van der Waals surface area contributed by atoms with Gasteiger partial charge in [-0.05, 0) is 51.2 Å². The number of hydrogen-bond acceptors (Lipinski definition) is 5. The molecule has 0 heterocycles. The van der Waals surface area contributed by atoms with Crippen LogP contribution in [0.3, 0.4) is 0 Å². The number of carbonyl (C=O) groups is 1. The van der Waals surface area contributed by atoms with Crippen LogP contribution in [0.15, 0.2) is 0 Å². The number of thioether (sulfide) groups is 1. The van der Waals surface area contributed by atoms with Gasteiger partial charge < -0.3 is 9.84 Å². The maximum Gasteiger partial charge on any atom is 0.326 e. The van der Waals surface area contributed by atoms with Gasteiger partial charge in [0.2, 0.25) is 0 Å². The van der Waals surface area contributed by atoms with Crippen LogP contribution in [0.1, 0.15) is 46.5 Å². The van der Waals surface area contributed by atoms with E-state index in [1.54, 1.807) is 0 Å². The summed E-state index contributed by atoms with van der Waals surface area (Å²) < 4.78 is 5.04. The van der Waals surface area contributed by atoms with E-state index in [0.29, 0.717) is 11.2 Å². The van der Waals surface area contributed by atoms with Gasteiger partial charge in [-0.25, -0.2) is 0 Å². The highest BCUT2D eigenvalue weighted by Gasteiger charge is 2.44. The van der Waals surface area contributed by atoms with Crippen molar-refractivity contribution in [3.05, 3.63) is 0 Å². The molecule has 3 atom stereocenters. The van der Waals surface area contributed by atoms with Crippen LogP contribution in [0.25, 0.3) is 0 Å². The van der Waals surface area contributed by atoms with Gasteiger partial charge >= 0.3 is 5.97 Å². The molecule has 1 saturated carbocycles. The first kappa shape index (κ1) is 17.8. The molecule has 0 radical (unpaired) electrons. The molecule has 0 aromatic rings. The zero-order valence-corrected chi connectivity index (χ0v) is 14.0. The third-order valence-corrected chi connectivity index (χ3v) is 5.41. The van der Waals surface area contributed by atoms with E-state index in [0.717, 1.165) is 31.4 Å². The molecule has 0 spiro atoms. The largest absolute Gasteiger partial charge is 0.468 e. The third kappa shape index (κ3) is 4.93. The molecule has 1 aliphatic rings. The monoisotopic (exact) mass is 303 g/mol. The highest BCUT2D eigenvalue weighted by atomic mass is 32.2. The smallest absolute Gasteiger partial charge is 0.326 e. The first-order chi connectivity index (χ1) is 9.43. The van der Waals surface area contributed by atoms with Gasteiger partial charge in [0.15, 0.2) is 0 Å². The van der Waals surface area contributed by atoms with Crippen molar-refractivity contribution in [2.24, 2.45) is 5.92 Å². The summed E-state index contributed by atoms with van der Waals surface area (Å²) in [5, 5.41) is 13.0. The van der Waals surface area contributed by atoms with E-state index in [1.165, 1.54) is 7.11 Å². The molecule has 0 aromatic carbocycles. The van der Waals surface area contributed by atoms with E-state index in [-0.39, 0.29) is 18.6 Å². The summed E-state index contributed by atoms with van der Waals surface area (Å²) in [6, 6.07) is 0.259. The molecule has 0 amide bonds. The molecule has 4 nitrogen and oxygen atoms in total. The predicted octanol–water partition coefficient (Wildman–Crippen LogP) is 2.20. The second-order valence-electron chi connectivity index (χ2n) is 6.21. The van der Waals surface area contributed by atoms with Crippen LogP contribution in [0.5, 0.6) is 0 Å². The maximum absolute atomic E-state index is 12.2. The summed E-state index contributed by atoms with van der Waals surface area (Å²) in [5.74, 6) is 1.12. The lowest BCUT2D eigenvalue weighted by Crippen LogP contribution is -2.58. The molecule has 5 heteroatoms. The first-order valence-corrected chi connectivity index (χ1v) is 8.57. The Hall–Kier alpha value is -0.260. The Balaban J connectivity index is 2.68. The Morgan fingerprint density at radius 3 is 2.75 bits per heavy atom. The summed E-state index contributed by atoms with van der Waals surface area (Å²) >= 11 is 1.88. The van der Waals surface area contributed by atoms with E-state index in [1.807, 2.05) is 11.8 Å². The Kier molecular flexibility index (Phi) is 7.34. The molecule has 0 saturated heterocycles. The summed E-state index contributed by atoms with van der Waals surface area (Å²) in [6.45, 7) is 6.41. The number of aliphatic hydroxyl groups excluding tert-OH is 1. The van der Waals surface area contributed by atoms with E-state index >= 15 is 0 Å². The average Bonchev–Trinajstić information content (AvgIpc) is 2.43. The second-order valence-corrected chi connectivity index (χ2v) is 7.55. The minimum Gasteiger partial charge on any atom is -0.468 e. The highest BCUT2D eigenvalue weighted by molar-refractivity contribution is 7.99. The van der Waals surface area contributed by atoms with Crippen molar-refractivity contribution in [2.45, 2.75) is 63.3 Å². The Morgan fingerprint density at radius 2 is 2.20 bits per heavy atom. The molecule has 0 aliphatic heterocycles. The fraction of sp³-hybridized carbons (Fsp3) is 0.933. The Morgan fingerprint density at radius 1 is 1.50 bits per heavy atom. The number of esters is 1. The molecule has 1 fully saturated rings. The number of methoxy groups -OCH3 is 1. The van der Waals surface area contributed by atoms with Crippen LogP contribution in [-0.4, -0.2) is 47.4 Å². The second kappa shape index (κ2) is 8.25. The van der Waals surface area contributed by atoms with Gasteiger partial charge in [0, 0.05) is 17.9 Å². The minimum atomic E-state index is -0.527. The topological polar surface area (TPSA) is 58.6 Å². The normalized spacial score (nSPS) is 28.4. The van der Waals surface area contributed by atoms with Gasteiger partial charge in [0.25, 0.3) is 0 Å². The number of hydrogen-bond donors (Lipinski definition) is 2. The zero-order valence-electron chi connectivity index (χ0n) is 13.1. The third-order valence-electron chi connectivity index (χ3n) is 3.78. The van der Waals surface area contributed by atoms with Crippen molar-refractivity contribution >= 4 is 17.7 Å². The lowest BCUT2D eigenvalue weighted by Gasteiger charge is -2.40.